The van der Waals surface area contributed by atoms with Crippen molar-refractivity contribution in [3.8, 4) is 0 Å². The van der Waals surface area contributed by atoms with E-state index in [9.17, 15) is 5.11 Å². The first-order valence-corrected chi connectivity index (χ1v) is 4.88. The first-order chi connectivity index (χ1) is 5.16. The van der Waals surface area contributed by atoms with E-state index in [4.69, 9.17) is 0 Å². The van der Waals surface area contributed by atoms with Crippen LogP contribution in [-0.4, -0.2) is 5.11 Å². The fraction of sp³-hybridized carbons (Fsp3) is 0.250. The Bertz CT molecular complexity index is 267. The summed E-state index contributed by atoms with van der Waals surface area (Å²) in [5, 5.41) is 11.4. The molecule has 0 saturated heterocycles. The summed E-state index contributed by atoms with van der Waals surface area (Å²) in [6.07, 6.45) is 0.985. The van der Waals surface area contributed by atoms with Gasteiger partial charge in [-0.2, -0.15) is 0 Å². The third-order valence-electron chi connectivity index (χ3n) is 1.42. The molecule has 1 aromatic rings. The molecule has 0 fully saturated rings. The molecule has 0 radical (unpaired) electrons. The lowest BCUT2D eigenvalue weighted by Crippen LogP contribution is -1.88. The van der Waals surface area contributed by atoms with Crippen molar-refractivity contribution in [2.45, 2.75) is 13.0 Å². The zero-order valence-corrected chi connectivity index (χ0v) is 8.58. The van der Waals surface area contributed by atoms with Crippen molar-refractivity contribution in [1.82, 2.24) is 0 Å². The maximum atomic E-state index is 9.39. The summed E-state index contributed by atoms with van der Waals surface area (Å²) in [6, 6.07) is 0. The molecule has 11 heavy (non-hydrogen) atoms. The van der Waals surface area contributed by atoms with Gasteiger partial charge in [-0.3, -0.25) is 0 Å². The number of hydrogen-bond acceptors (Lipinski definition) is 2. The van der Waals surface area contributed by atoms with Gasteiger partial charge in [-0.1, -0.05) is 6.08 Å². The lowest BCUT2D eigenvalue weighted by molar-refractivity contribution is 0.232. The minimum absolute atomic E-state index is 0.539. The molecular formula is C8H9BrOS. The van der Waals surface area contributed by atoms with Crippen molar-refractivity contribution in [2.75, 3.05) is 0 Å². The number of hydrogen-bond donors (Lipinski definition) is 1. The topological polar surface area (TPSA) is 20.2 Å². The first-order valence-electron chi connectivity index (χ1n) is 3.21. The highest BCUT2D eigenvalue weighted by atomic mass is 79.9. The van der Waals surface area contributed by atoms with Crippen molar-refractivity contribution < 1.29 is 5.11 Å². The van der Waals surface area contributed by atoms with E-state index in [2.05, 4.69) is 22.5 Å². The fourth-order valence-electron chi connectivity index (χ4n) is 0.756. The monoisotopic (exact) mass is 232 g/mol. The van der Waals surface area contributed by atoms with Gasteiger partial charge >= 0.3 is 0 Å². The minimum atomic E-state index is -0.539. The molecule has 1 N–H and O–H groups in total. The lowest BCUT2D eigenvalue weighted by atomic mass is 10.2. The van der Waals surface area contributed by atoms with Gasteiger partial charge in [0.15, 0.2) is 0 Å². The van der Waals surface area contributed by atoms with Crippen LogP contribution in [0.3, 0.4) is 0 Å². The molecule has 0 aromatic carbocycles. The van der Waals surface area contributed by atoms with Gasteiger partial charge in [0.1, 0.15) is 6.10 Å². The van der Waals surface area contributed by atoms with Crippen LogP contribution in [0.5, 0.6) is 0 Å². The van der Waals surface area contributed by atoms with Crippen LogP contribution in [0.25, 0.3) is 0 Å². The van der Waals surface area contributed by atoms with E-state index in [0.29, 0.717) is 0 Å². The average molecular weight is 233 g/mol. The molecule has 0 spiro atoms. The van der Waals surface area contributed by atoms with E-state index in [1.54, 1.807) is 11.3 Å². The van der Waals surface area contributed by atoms with Crippen molar-refractivity contribution in [1.29, 1.82) is 0 Å². The van der Waals surface area contributed by atoms with Gasteiger partial charge in [-0.15, -0.1) is 17.9 Å². The van der Waals surface area contributed by atoms with E-state index in [1.807, 2.05) is 12.3 Å². The highest BCUT2D eigenvalue weighted by molar-refractivity contribution is 9.10. The van der Waals surface area contributed by atoms with Gasteiger partial charge in [0.2, 0.25) is 0 Å². The molecule has 1 heterocycles. The van der Waals surface area contributed by atoms with Crippen LogP contribution < -0.4 is 0 Å². The number of thiophene rings is 1. The van der Waals surface area contributed by atoms with Crippen LogP contribution in [0.1, 0.15) is 16.5 Å². The predicted octanol–water partition coefficient (Wildman–Crippen LogP) is 3.04. The molecule has 3 heteroatoms. The van der Waals surface area contributed by atoms with Crippen LogP contribution in [0.4, 0.5) is 0 Å². The second-order valence-electron chi connectivity index (χ2n) is 2.28. The maximum absolute atomic E-state index is 9.39. The highest BCUT2D eigenvalue weighted by Crippen LogP contribution is 2.32. The molecule has 1 nitrogen and oxygen atoms in total. The van der Waals surface area contributed by atoms with Crippen LogP contribution in [0.2, 0.25) is 0 Å². The van der Waals surface area contributed by atoms with Crippen LogP contribution in [0, 0.1) is 6.92 Å². The Morgan fingerprint density at radius 3 is 2.82 bits per heavy atom. The molecule has 0 amide bonds. The summed E-state index contributed by atoms with van der Waals surface area (Å²) in [5.41, 5.74) is 1.16. The summed E-state index contributed by atoms with van der Waals surface area (Å²) >= 11 is 4.93. The van der Waals surface area contributed by atoms with E-state index >= 15 is 0 Å². The fourth-order valence-corrected chi connectivity index (χ4v) is 2.46. The zero-order chi connectivity index (χ0) is 8.43. The Labute approximate surface area is 78.5 Å². The maximum Gasteiger partial charge on any atom is 0.107 e. The van der Waals surface area contributed by atoms with Gasteiger partial charge in [-0.05, 0) is 33.8 Å². The summed E-state index contributed by atoms with van der Waals surface area (Å²) in [5.74, 6) is 0. The Morgan fingerprint density at radius 2 is 2.45 bits per heavy atom. The molecule has 1 aromatic heterocycles. The second kappa shape index (κ2) is 3.52. The van der Waals surface area contributed by atoms with Crippen molar-refractivity contribution >= 4 is 27.3 Å². The minimum Gasteiger partial charge on any atom is -0.383 e. The summed E-state index contributed by atoms with van der Waals surface area (Å²) in [7, 11) is 0. The molecule has 0 aliphatic rings. The lowest BCUT2D eigenvalue weighted by Gasteiger charge is -2.01. The van der Waals surface area contributed by atoms with Crippen molar-refractivity contribution in [2.24, 2.45) is 0 Å². The summed E-state index contributed by atoms with van der Waals surface area (Å²) in [4.78, 5) is 0.928. The molecule has 60 valence electrons. The summed E-state index contributed by atoms with van der Waals surface area (Å²) in [6.45, 7) is 5.52. The zero-order valence-electron chi connectivity index (χ0n) is 6.17. The molecule has 0 bridgehead atoms. The Balaban J connectivity index is 3.03. The molecule has 0 aliphatic carbocycles. The third kappa shape index (κ3) is 1.72. The molecule has 0 saturated carbocycles. The highest BCUT2D eigenvalue weighted by Gasteiger charge is 2.10. The summed E-state index contributed by atoms with van der Waals surface area (Å²) < 4.78 is 0.995. The Kier molecular flexibility index (Phi) is 2.87. The van der Waals surface area contributed by atoms with Crippen LogP contribution in [-0.2, 0) is 0 Å². The number of aryl methyl sites for hydroxylation is 1. The quantitative estimate of drug-likeness (QED) is 0.778. The smallest absolute Gasteiger partial charge is 0.107 e. The van der Waals surface area contributed by atoms with Crippen LogP contribution in [0.15, 0.2) is 22.5 Å². The van der Waals surface area contributed by atoms with Gasteiger partial charge in [0.05, 0.1) is 4.88 Å². The van der Waals surface area contributed by atoms with E-state index in [-0.39, 0.29) is 0 Å². The van der Waals surface area contributed by atoms with E-state index in [0.717, 1.165) is 14.9 Å². The molecule has 1 unspecified atom stereocenters. The van der Waals surface area contributed by atoms with Gasteiger partial charge in [0, 0.05) is 4.47 Å². The van der Waals surface area contributed by atoms with Crippen molar-refractivity contribution in [3.05, 3.63) is 32.9 Å². The predicted molar refractivity (Wildman–Crippen MR) is 51.9 cm³/mol. The average Bonchev–Trinajstić information content (AvgIpc) is 2.32. The molecule has 1 atom stereocenters. The standard InChI is InChI=1S/C8H9BrOS/c1-3-6(10)8-7(9)5(2)4-11-8/h3-4,6,10H,1H2,2H3. The van der Waals surface area contributed by atoms with Gasteiger partial charge in [0.25, 0.3) is 0 Å². The molecular weight excluding hydrogens is 224 g/mol. The SMILES string of the molecule is C=CC(O)c1scc(C)c1Br. The third-order valence-corrected chi connectivity index (χ3v) is 3.90. The molecule has 1 rings (SSSR count). The number of rotatable bonds is 2. The Morgan fingerprint density at radius 1 is 1.82 bits per heavy atom. The first kappa shape index (κ1) is 8.97. The molecule has 0 aliphatic heterocycles. The normalized spacial score (nSPS) is 13.0. The van der Waals surface area contributed by atoms with Crippen LogP contribution >= 0.6 is 27.3 Å². The number of aliphatic hydroxyl groups is 1. The van der Waals surface area contributed by atoms with Crippen molar-refractivity contribution in [3.63, 3.8) is 0 Å². The second-order valence-corrected chi connectivity index (χ2v) is 3.98. The largest absolute Gasteiger partial charge is 0.383 e. The number of aliphatic hydroxyl groups excluding tert-OH is 1. The Hall–Kier alpha value is -0.120. The van der Waals surface area contributed by atoms with E-state index < -0.39 is 6.10 Å². The number of halogens is 1. The van der Waals surface area contributed by atoms with Gasteiger partial charge < -0.3 is 5.11 Å². The van der Waals surface area contributed by atoms with E-state index in [1.165, 1.54) is 6.08 Å². The van der Waals surface area contributed by atoms with Gasteiger partial charge in [-0.25, -0.2) is 0 Å².